The lowest BCUT2D eigenvalue weighted by molar-refractivity contribution is 0.0992. The van der Waals surface area contributed by atoms with Gasteiger partial charge in [-0.25, -0.2) is 8.78 Å². The van der Waals surface area contributed by atoms with Crippen LogP contribution in [0.5, 0.6) is 0 Å². The molecule has 0 fully saturated rings. The van der Waals surface area contributed by atoms with E-state index in [0.717, 1.165) is 15.2 Å². The third kappa shape index (κ3) is 3.37. The Hall–Kier alpha value is -1.30. The second-order valence-electron chi connectivity index (χ2n) is 4.31. The van der Waals surface area contributed by atoms with Gasteiger partial charge >= 0.3 is 0 Å². The summed E-state index contributed by atoms with van der Waals surface area (Å²) in [5.41, 5.74) is 1.95. The smallest absolute Gasteiger partial charge is 0.168 e. The number of rotatable bonds is 3. The number of carbonyl (C=O) groups is 1. The highest BCUT2D eigenvalue weighted by Crippen LogP contribution is 2.19. The molecule has 0 spiro atoms. The molecule has 0 saturated heterocycles. The largest absolute Gasteiger partial charge is 0.294 e. The summed E-state index contributed by atoms with van der Waals surface area (Å²) in [6, 6.07) is 8.61. The number of hydrogen-bond donors (Lipinski definition) is 0. The predicted molar refractivity (Wildman–Crippen MR) is 78.3 cm³/mol. The van der Waals surface area contributed by atoms with Crippen LogP contribution in [0.15, 0.2) is 36.4 Å². The minimum Gasteiger partial charge on any atom is -0.294 e. The topological polar surface area (TPSA) is 17.1 Å². The minimum atomic E-state index is -0.665. The Kier molecular flexibility index (Phi) is 4.29. The maximum atomic E-state index is 13.1. The van der Waals surface area contributed by atoms with Crippen molar-refractivity contribution in [1.29, 1.82) is 0 Å². The monoisotopic (exact) mass is 372 g/mol. The molecule has 2 aromatic rings. The second-order valence-corrected chi connectivity index (χ2v) is 5.39. The van der Waals surface area contributed by atoms with Crippen LogP contribution >= 0.6 is 22.6 Å². The van der Waals surface area contributed by atoms with Crippen LogP contribution in [0.4, 0.5) is 8.78 Å². The fourth-order valence-electron chi connectivity index (χ4n) is 1.86. The van der Waals surface area contributed by atoms with Crippen LogP contribution in [0.1, 0.15) is 21.5 Å². The zero-order valence-corrected chi connectivity index (χ0v) is 12.4. The Balaban J connectivity index is 2.28. The summed E-state index contributed by atoms with van der Waals surface area (Å²) in [5, 5.41) is 0. The lowest BCUT2D eigenvalue weighted by atomic mass is 10.0. The summed E-state index contributed by atoms with van der Waals surface area (Å²) >= 11 is 2.11. The van der Waals surface area contributed by atoms with Gasteiger partial charge in [0.1, 0.15) is 11.6 Å². The van der Waals surface area contributed by atoms with Gasteiger partial charge in [0.2, 0.25) is 0 Å². The molecule has 0 aromatic heterocycles. The molecule has 19 heavy (non-hydrogen) atoms. The Morgan fingerprint density at radius 1 is 1.16 bits per heavy atom. The molecule has 0 saturated carbocycles. The normalized spacial score (nSPS) is 10.5. The first kappa shape index (κ1) is 14.1. The van der Waals surface area contributed by atoms with E-state index in [0.29, 0.717) is 11.1 Å². The van der Waals surface area contributed by atoms with Crippen molar-refractivity contribution in [2.45, 2.75) is 13.3 Å². The minimum absolute atomic E-state index is 0.00582. The Morgan fingerprint density at radius 2 is 1.79 bits per heavy atom. The lowest BCUT2D eigenvalue weighted by Gasteiger charge is -2.06. The second kappa shape index (κ2) is 5.77. The number of Topliss-reactive ketones (excluding diaryl/α,β-unsaturated/α-hetero) is 1. The number of benzene rings is 2. The molecule has 2 rings (SSSR count). The van der Waals surface area contributed by atoms with E-state index in [1.807, 2.05) is 13.0 Å². The van der Waals surface area contributed by atoms with Gasteiger partial charge in [0.05, 0.1) is 0 Å². The van der Waals surface area contributed by atoms with E-state index >= 15 is 0 Å². The van der Waals surface area contributed by atoms with E-state index in [9.17, 15) is 13.6 Å². The predicted octanol–water partition coefficient (Wildman–Crippen LogP) is 4.30. The summed E-state index contributed by atoms with van der Waals surface area (Å²) in [6.07, 6.45) is -0.00582. The highest BCUT2D eigenvalue weighted by molar-refractivity contribution is 14.1. The Morgan fingerprint density at radius 3 is 2.42 bits per heavy atom. The van der Waals surface area contributed by atoms with Crippen LogP contribution < -0.4 is 0 Å². The van der Waals surface area contributed by atoms with Crippen molar-refractivity contribution in [3.8, 4) is 0 Å². The maximum absolute atomic E-state index is 13.1. The number of hydrogen-bond acceptors (Lipinski definition) is 1. The summed E-state index contributed by atoms with van der Waals surface area (Å²) in [4.78, 5) is 12.2. The summed E-state index contributed by atoms with van der Waals surface area (Å²) < 4.78 is 27.0. The zero-order chi connectivity index (χ0) is 14.0. The molecular weight excluding hydrogens is 361 g/mol. The highest BCUT2D eigenvalue weighted by atomic mass is 127. The number of carbonyl (C=O) groups excluding carboxylic acids is 1. The lowest BCUT2D eigenvalue weighted by Crippen LogP contribution is -2.07. The van der Waals surface area contributed by atoms with Crippen molar-refractivity contribution in [1.82, 2.24) is 0 Å². The van der Waals surface area contributed by atoms with Crippen molar-refractivity contribution in [3.63, 3.8) is 0 Å². The van der Waals surface area contributed by atoms with Crippen LogP contribution in [0.2, 0.25) is 0 Å². The van der Waals surface area contributed by atoms with Crippen LogP contribution in [-0.4, -0.2) is 5.78 Å². The quantitative estimate of drug-likeness (QED) is 0.580. The van der Waals surface area contributed by atoms with Crippen molar-refractivity contribution in [3.05, 3.63) is 68.3 Å². The molecule has 0 bridgehead atoms. The molecule has 0 amide bonds. The average molecular weight is 372 g/mol. The molecule has 0 atom stereocenters. The molecule has 0 aliphatic heterocycles. The molecule has 0 radical (unpaired) electrons. The van der Waals surface area contributed by atoms with Crippen LogP contribution in [0.25, 0.3) is 0 Å². The van der Waals surface area contributed by atoms with E-state index in [-0.39, 0.29) is 12.2 Å². The van der Waals surface area contributed by atoms with E-state index in [4.69, 9.17) is 0 Å². The van der Waals surface area contributed by atoms with E-state index in [1.165, 1.54) is 12.1 Å². The number of ketones is 1. The Labute approximate surface area is 123 Å². The van der Waals surface area contributed by atoms with Crippen molar-refractivity contribution >= 4 is 28.4 Å². The third-order valence-corrected chi connectivity index (χ3v) is 4.21. The fourth-order valence-corrected chi connectivity index (χ4v) is 2.52. The Bertz CT molecular complexity index is 618. The third-order valence-electron chi connectivity index (χ3n) is 2.78. The molecule has 0 aliphatic carbocycles. The number of halogens is 3. The van der Waals surface area contributed by atoms with Gasteiger partial charge in [-0.3, -0.25) is 4.79 Å². The van der Waals surface area contributed by atoms with Crippen LogP contribution in [0.3, 0.4) is 0 Å². The van der Waals surface area contributed by atoms with E-state index in [2.05, 4.69) is 22.6 Å². The molecule has 0 N–H and O–H groups in total. The first-order valence-electron chi connectivity index (χ1n) is 5.70. The summed E-state index contributed by atoms with van der Waals surface area (Å²) in [5.74, 6) is -1.47. The SMILES string of the molecule is Cc1cccc(C(=O)Cc2cc(F)cc(F)c2)c1I. The first-order valence-corrected chi connectivity index (χ1v) is 6.78. The molecular formula is C15H11F2IO. The van der Waals surface area contributed by atoms with Crippen LogP contribution in [-0.2, 0) is 6.42 Å². The molecule has 0 heterocycles. The van der Waals surface area contributed by atoms with Crippen LogP contribution in [0, 0.1) is 22.1 Å². The summed E-state index contributed by atoms with van der Waals surface area (Å²) in [7, 11) is 0. The van der Waals surface area contributed by atoms with Gasteiger partial charge in [-0.1, -0.05) is 18.2 Å². The fraction of sp³-hybridized carbons (Fsp3) is 0.133. The zero-order valence-electron chi connectivity index (χ0n) is 10.2. The molecule has 0 unspecified atom stereocenters. The molecule has 98 valence electrons. The van der Waals surface area contributed by atoms with Gasteiger partial charge in [-0.2, -0.15) is 0 Å². The van der Waals surface area contributed by atoms with Crippen molar-refractivity contribution in [2.75, 3.05) is 0 Å². The average Bonchev–Trinajstić information content (AvgIpc) is 2.31. The molecule has 4 heteroatoms. The maximum Gasteiger partial charge on any atom is 0.168 e. The first-order chi connectivity index (χ1) is 8.97. The molecule has 2 aromatic carbocycles. The van der Waals surface area contributed by atoms with Crippen molar-refractivity contribution in [2.24, 2.45) is 0 Å². The summed E-state index contributed by atoms with van der Waals surface area (Å²) in [6.45, 7) is 1.92. The number of aryl methyl sites for hydroxylation is 1. The van der Waals surface area contributed by atoms with Gasteiger partial charge in [0, 0.05) is 21.6 Å². The standard InChI is InChI=1S/C15H11F2IO/c1-9-3-2-4-13(15(9)18)14(19)7-10-5-11(16)8-12(17)6-10/h2-6,8H,7H2,1H3. The van der Waals surface area contributed by atoms with Gasteiger partial charge < -0.3 is 0 Å². The molecule has 0 aliphatic rings. The molecule has 1 nitrogen and oxygen atoms in total. The van der Waals surface area contributed by atoms with Crippen molar-refractivity contribution < 1.29 is 13.6 Å². The van der Waals surface area contributed by atoms with E-state index in [1.54, 1.807) is 12.1 Å². The van der Waals surface area contributed by atoms with Gasteiger partial charge in [-0.05, 0) is 52.8 Å². The van der Waals surface area contributed by atoms with E-state index < -0.39 is 11.6 Å². The van der Waals surface area contributed by atoms with Gasteiger partial charge in [0.15, 0.2) is 5.78 Å². The van der Waals surface area contributed by atoms with Gasteiger partial charge in [-0.15, -0.1) is 0 Å². The highest BCUT2D eigenvalue weighted by Gasteiger charge is 2.13. The van der Waals surface area contributed by atoms with Gasteiger partial charge in [0.25, 0.3) is 0 Å².